The highest BCUT2D eigenvalue weighted by Gasteiger charge is 2.24. The highest BCUT2D eigenvalue weighted by molar-refractivity contribution is 5.72. The minimum Gasteiger partial charge on any atom is -0.481 e. The maximum atomic E-state index is 13.8. The summed E-state index contributed by atoms with van der Waals surface area (Å²) < 4.78 is 18.9. The maximum Gasteiger partial charge on any atom is 0.408 e. The van der Waals surface area contributed by atoms with Gasteiger partial charge in [-0.05, 0) is 39.0 Å². The van der Waals surface area contributed by atoms with E-state index in [0.29, 0.717) is 0 Å². The van der Waals surface area contributed by atoms with Crippen LogP contribution in [0.15, 0.2) is 18.2 Å². The topological polar surface area (TPSA) is 102 Å². The third-order valence-corrected chi connectivity index (χ3v) is 2.47. The molecule has 7 heteroatoms. The van der Waals surface area contributed by atoms with Gasteiger partial charge in [0.1, 0.15) is 11.4 Å². The summed E-state index contributed by atoms with van der Waals surface area (Å²) in [5, 5.41) is 11.3. The lowest BCUT2D eigenvalue weighted by Gasteiger charge is -2.23. The van der Waals surface area contributed by atoms with E-state index < -0.39 is 35.9 Å². The summed E-state index contributed by atoms with van der Waals surface area (Å²) in [6, 6.07) is 2.70. The number of nitrogen functional groups attached to an aromatic ring is 1. The Morgan fingerprint density at radius 2 is 2.05 bits per heavy atom. The SMILES string of the molecule is CC(C)(C)OC(=O)NC(CC(=O)O)c1cc(N)ccc1F. The molecule has 0 aromatic heterocycles. The molecular formula is C14H19FN2O4. The number of aliphatic carboxylic acids is 1. The van der Waals surface area contributed by atoms with E-state index in [2.05, 4.69) is 5.32 Å². The first-order valence-electron chi connectivity index (χ1n) is 6.34. The van der Waals surface area contributed by atoms with Crippen molar-refractivity contribution in [2.75, 3.05) is 5.73 Å². The quantitative estimate of drug-likeness (QED) is 0.741. The van der Waals surface area contributed by atoms with E-state index in [1.54, 1.807) is 20.8 Å². The molecule has 0 heterocycles. The van der Waals surface area contributed by atoms with Gasteiger partial charge in [0.15, 0.2) is 0 Å². The Morgan fingerprint density at radius 3 is 2.57 bits per heavy atom. The molecular weight excluding hydrogens is 279 g/mol. The van der Waals surface area contributed by atoms with Crippen LogP contribution in [0.1, 0.15) is 38.8 Å². The van der Waals surface area contributed by atoms with Crippen LogP contribution in [0.2, 0.25) is 0 Å². The first-order chi connectivity index (χ1) is 9.58. The van der Waals surface area contributed by atoms with E-state index in [9.17, 15) is 14.0 Å². The lowest BCUT2D eigenvalue weighted by Crippen LogP contribution is -2.36. The number of hydrogen-bond donors (Lipinski definition) is 3. The number of nitrogens with two attached hydrogens (primary N) is 1. The van der Waals surface area contributed by atoms with Crippen LogP contribution in [0.5, 0.6) is 0 Å². The number of benzene rings is 1. The zero-order valence-electron chi connectivity index (χ0n) is 12.1. The van der Waals surface area contributed by atoms with Gasteiger partial charge in [-0.15, -0.1) is 0 Å². The number of anilines is 1. The fourth-order valence-corrected chi connectivity index (χ4v) is 1.69. The molecule has 21 heavy (non-hydrogen) atoms. The monoisotopic (exact) mass is 298 g/mol. The molecule has 1 aromatic carbocycles. The Bertz CT molecular complexity index is 540. The van der Waals surface area contributed by atoms with Gasteiger partial charge in [0.25, 0.3) is 0 Å². The summed E-state index contributed by atoms with van der Waals surface area (Å²) >= 11 is 0. The molecule has 0 fully saturated rings. The fourth-order valence-electron chi connectivity index (χ4n) is 1.69. The average Bonchev–Trinajstić information content (AvgIpc) is 2.28. The van der Waals surface area contributed by atoms with Gasteiger partial charge in [-0.2, -0.15) is 0 Å². The van der Waals surface area contributed by atoms with Gasteiger partial charge < -0.3 is 20.9 Å². The van der Waals surface area contributed by atoms with Gasteiger partial charge in [0.2, 0.25) is 0 Å². The van der Waals surface area contributed by atoms with E-state index >= 15 is 0 Å². The van der Waals surface area contributed by atoms with Crippen LogP contribution < -0.4 is 11.1 Å². The second kappa shape index (κ2) is 6.43. The van der Waals surface area contributed by atoms with Crippen molar-refractivity contribution >= 4 is 17.7 Å². The van der Waals surface area contributed by atoms with E-state index in [-0.39, 0.29) is 11.3 Å². The second-order valence-corrected chi connectivity index (χ2v) is 5.58. The average molecular weight is 298 g/mol. The lowest BCUT2D eigenvalue weighted by molar-refractivity contribution is -0.137. The highest BCUT2D eigenvalue weighted by atomic mass is 19.1. The molecule has 0 saturated heterocycles. The van der Waals surface area contributed by atoms with Crippen molar-refractivity contribution in [1.82, 2.24) is 5.32 Å². The number of carboxylic acids is 1. The smallest absolute Gasteiger partial charge is 0.408 e. The summed E-state index contributed by atoms with van der Waals surface area (Å²) in [6.45, 7) is 5.00. The van der Waals surface area contributed by atoms with Crippen LogP contribution in [0.4, 0.5) is 14.9 Å². The van der Waals surface area contributed by atoms with E-state index in [1.165, 1.54) is 12.1 Å². The third kappa shape index (κ3) is 5.68. The van der Waals surface area contributed by atoms with Crippen LogP contribution in [-0.4, -0.2) is 22.8 Å². The van der Waals surface area contributed by atoms with Gasteiger partial charge in [0, 0.05) is 11.3 Å². The minimum absolute atomic E-state index is 0.00302. The van der Waals surface area contributed by atoms with Crippen molar-refractivity contribution < 1.29 is 23.8 Å². The summed E-state index contributed by atoms with van der Waals surface area (Å²) in [5.74, 6) is -1.83. The minimum atomic E-state index is -1.18. The number of carbonyl (C=O) groups is 2. The third-order valence-electron chi connectivity index (χ3n) is 2.47. The molecule has 0 spiro atoms. The largest absolute Gasteiger partial charge is 0.481 e. The predicted octanol–water partition coefficient (Wildman–Crippen LogP) is 2.45. The Hall–Kier alpha value is -2.31. The van der Waals surface area contributed by atoms with Gasteiger partial charge in [-0.3, -0.25) is 4.79 Å². The zero-order valence-corrected chi connectivity index (χ0v) is 12.1. The number of carbonyl (C=O) groups excluding carboxylic acids is 1. The number of ether oxygens (including phenoxy) is 1. The Morgan fingerprint density at radius 1 is 1.43 bits per heavy atom. The number of alkyl carbamates (subject to hydrolysis) is 1. The molecule has 1 amide bonds. The first kappa shape index (κ1) is 16.7. The Kier molecular flexibility index (Phi) is 5.12. The second-order valence-electron chi connectivity index (χ2n) is 5.58. The molecule has 6 nitrogen and oxygen atoms in total. The standard InChI is InChI=1S/C14H19FN2O4/c1-14(2,3)21-13(20)17-11(7-12(18)19)9-6-8(16)4-5-10(9)15/h4-6,11H,7,16H2,1-3H3,(H,17,20)(H,18,19). The molecule has 0 aliphatic heterocycles. The maximum absolute atomic E-state index is 13.8. The van der Waals surface area contributed by atoms with Crippen molar-refractivity contribution in [2.24, 2.45) is 0 Å². The first-order valence-corrected chi connectivity index (χ1v) is 6.34. The van der Waals surface area contributed by atoms with Crippen LogP contribution >= 0.6 is 0 Å². The molecule has 1 aromatic rings. The van der Waals surface area contributed by atoms with Crippen molar-refractivity contribution in [3.8, 4) is 0 Å². The van der Waals surface area contributed by atoms with Gasteiger partial charge in [-0.25, -0.2) is 9.18 Å². The highest BCUT2D eigenvalue weighted by Crippen LogP contribution is 2.23. The molecule has 0 aliphatic rings. The lowest BCUT2D eigenvalue weighted by atomic mass is 10.0. The summed E-state index contributed by atoms with van der Waals surface area (Å²) in [5.41, 5.74) is 5.10. The molecule has 1 atom stereocenters. The van der Waals surface area contributed by atoms with Crippen molar-refractivity contribution in [1.29, 1.82) is 0 Å². The van der Waals surface area contributed by atoms with Crippen molar-refractivity contribution in [3.05, 3.63) is 29.6 Å². The number of hydrogen-bond acceptors (Lipinski definition) is 4. The number of halogens is 1. The summed E-state index contributed by atoms with van der Waals surface area (Å²) in [7, 11) is 0. The van der Waals surface area contributed by atoms with Gasteiger partial charge >= 0.3 is 12.1 Å². The Labute approximate surface area is 122 Å². The van der Waals surface area contributed by atoms with E-state index in [1.807, 2.05) is 0 Å². The van der Waals surface area contributed by atoms with E-state index in [4.69, 9.17) is 15.6 Å². The van der Waals surface area contributed by atoms with Crippen molar-refractivity contribution in [2.45, 2.75) is 38.8 Å². The number of rotatable bonds is 4. The number of nitrogens with one attached hydrogen (secondary N) is 1. The molecule has 1 unspecified atom stereocenters. The molecule has 0 saturated carbocycles. The number of carboxylic acid groups (broad SMARTS) is 1. The number of amides is 1. The molecule has 116 valence electrons. The van der Waals surface area contributed by atoms with Gasteiger partial charge in [0.05, 0.1) is 12.5 Å². The van der Waals surface area contributed by atoms with Crippen LogP contribution in [0.3, 0.4) is 0 Å². The normalized spacial score (nSPS) is 12.6. The van der Waals surface area contributed by atoms with Crippen LogP contribution in [0, 0.1) is 5.82 Å². The van der Waals surface area contributed by atoms with Gasteiger partial charge in [-0.1, -0.05) is 0 Å². The molecule has 0 bridgehead atoms. The molecule has 0 aliphatic carbocycles. The van der Waals surface area contributed by atoms with Crippen LogP contribution in [0.25, 0.3) is 0 Å². The summed E-state index contributed by atoms with van der Waals surface area (Å²) in [4.78, 5) is 22.6. The fraction of sp³-hybridized carbons (Fsp3) is 0.429. The Balaban J connectivity index is 2.98. The molecule has 1 rings (SSSR count). The summed E-state index contributed by atoms with van der Waals surface area (Å²) in [6.07, 6.45) is -1.31. The molecule has 0 radical (unpaired) electrons. The zero-order chi connectivity index (χ0) is 16.2. The van der Waals surface area contributed by atoms with E-state index in [0.717, 1.165) is 6.07 Å². The predicted molar refractivity (Wildman–Crippen MR) is 75.2 cm³/mol. The molecule has 4 N–H and O–H groups in total. The van der Waals surface area contributed by atoms with Crippen LogP contribution in [-0.2, 0) is 9.53 Å². The van der Waals surface area contributed by atoms with Crippen molar-refractivity contribution in [3.63, 3.8) is 0 Å².